The van der Waals surface area contributed by atoms with Gasteiger partial charge in [0.25, 0.3) is 0 Å². The van der Waals surface area contributed by atoms with Crippen molar-refractivity contribution in [3.63, 3.8) is 0 Å². The molecule has 0 bridgehead atoms. The van der Waals surface area contributed by atoms with Crippen molar-refractivity contribution in [1.82, 2.24) is 0 Å². The highest BCUT2D eigenvalue weighted by Crippen LogP contribution is 2.06. The lowest BCUT2D eigenvalue weighted by Gasteiger charge is -1.99. The Morgan fingerprint density at radius 1 is 1.50 bits per heavy atom. The first-order valence-electron chi connectivity index (χ1n) is 2.52. The van der Waals surface area contributed by atoms with E-state index in [1.165, 1.54) is 0 Å². The highest BCUT2D eigenvalue weighted by molar-refractivity contribution is 9.10. The van der Waals surface area contributed by atoms with Gasteiger partial charge in [-0.3, -0.25) is 9.59 Å². The summed E-state index contributed by atoms with van der Waals surface area (Å²) < 4.78 is 0. The van der Waals surface area contributed by atoms with Gasteiger partial charge in [0.15, 0.2) is 0 Å². The summed E-state index contributed by atoms with van der Waals surface area (Å²) in [5.74, 6) is -1.13. The number of aliphatic carboxylic acids is 1. The third kappa shape index (κ3) is 4.00. The minimum Gasteiger partial charge on any atom is -0.480 e. The van der Waals surface area contributed by atoms with Gasteiger partial charge in [-0.15, -0.1) is 0 Å². The number of carboxylic acids is 1. The second-order valence-corrected chi connectivity index (χ2v) is 3.35. The standard InChI is InChI=1S/C5H6Br2O3/c6-2-3(8)1-4(7)5(9)10/h4H,1-2H2,(H,9,10). The third-order valence-corrected chi connectivity index (χ3v) is 2.16. The van der Waals surface area contributed by atoms with E-state index in [1.807, 2.05) is 0 Å². The number of ketones is 1. The average molecular weight is 274 g/mol. The van der Waals surface area contributed by atoms with E-state index < -0.39 is 10.8 Å². The Morgan fingerprint density at radius 2 is 2.00 bits per heavy atom. The molecule has 0 aromatic heterocycles. The zero-order chi connectivity index (χ0) is 8.15. The van der Waals surface area contributed by atoms with Crippen molar-refractivity contribution in [1.29, 1.82) is 0 Å². The Hall–Kier alpha value is 0.1000. The van der Waals surface area contributed by atoms with Crippen LogP contribution in [0.5, 0.6) is 0 Å². The van der Waals surface area contributed by atoms with Gasteiger partial charge in [-0.05, 0) is 0 Å². The molecule has 0 aliphatic rings. The van der Waals surface area contributed by atoms with Crippen LogP contribution >= 0.6 is 31.9 Å². The van der Waals surface area contributed by atoms with Crippen LogP contribution < -0.4 is 0 Å². The van der Waals surface area contributed by atoms with Gasteiger partial charge in [-0.1, -0.05) is 31.9 Å². The lowest BCUT2D eigenvalue weighted by Crippen LogP contribution is -2.17. The first kappa shape index (κ1) is 10.1. The maximum Gasteiger partial charge on any atom is 0.317 e. The summed E-state index contributed by atoms with van der Waals surface area (Å²) in [5, 5.41) is 8.52. The maximum absolute atomic E-state index is 10.6. The van der Waals surface area contributed by atoms with E-state index in [0.717, 1.165) is 0 Å². The highest BCUT2D eigenvalue weighted by Gasteiger charge is 2.16. The molecule has 0 spiro atoms. The Morgan fingerprint density at radius 3 is 2.30 bits per heavy atom. The molecule has 0 saturated carbocycles. The molecule has 10 heavy (non-hydrogen) atoms. The van der Waals surface area contributed by atoms with Crippen molar-refractivity contribution in [2.75, 3.05) is 5.33 Å². The first-order chi connectivity index (χ1) is 4.57. The largest absolute Gasteiger partial charge is 0.480 e. The number of hydrogen-bond acceptors (Lipinski definition) is 2. The fourth-order valence-electron chi connectivity index (χ4n) is 0.342. The van der Waals surface area contributed by atoms with E-state index >= 15 is 0 Å². The summed E-state index contributed by atoms with van der Waals surface area (Å²) in [6.45, 7) is 0. The first-order valence-corrected chi connectivity index (χ1v) is 4.56. The third-order valence-electron chi connectivity index (χ3n) is 0.824. The van der Waals surface area contributed by atoms with E-state index in [0.29, 0.717) is 0 Å². The van der Waals surface area contributed by atoms with Gasteiger partial charge in [-0.2, -0.15) is 0 Å². The Kier molecular flexibility index (Phi) is 4.89. The fraction of sp³-hybridized carbons (Fsp3) is 0.600. The molecule has 1 unspecified atom stereocenters. The molecule has 1 N–H and O–H groups in total. The van der Waals surface area contributed by atoms with Crippen molar-refractivity contribution in [2.24, 2.45) is 0 Å². The number of hydrogen-bond donors (Lipinski definition) is 1. The second-order valence-electron chi connectivity index (χ2n) is 1.68. The average Bonchev–Trinajstić information content (AvgIpc) is 1.87. The van der Waals surface area contributed by atoms with E-state index in [9.17, 15) is 9.59 Å². The zero-order valence-corrected chi connectivity index (χ0v) is 8.18. The van der Waals surface area contributed by atoms with Gasteiger partial charge in [0.2, 0.25) is 0 Å². The molecule has 0 aliphatic carbocycles. The monoisotopic (exact) mass is 272 g/mol. The van der Waals surface area contributed by atoms with Crippen LogP contribution in [-0.4, -0.2) is 27.0 Å². The smallest absolute Gasteiger partial charge is 0.317 e. The maximum atomic E-state index is 10.6. The molecular weight excluding hydrogens is 268 g/mol. The number of Topliss-reactive ketones (excluding diaryl/α,β-unsaturated/α-hetero) is 1. The van der Waals surface area contributed by atoms with Crippen LogP contribution in [0, 0.1) is 0 Å². The molecular formula is C5H6Br2O3. The normalized spacial score (nSPS) is 12.6. The lowest BCUT2D eigenvalue weighted by molar-refractivity contribution is -0.137. The Bertz CT molecular complexity index is 146. The molecule has 0 amide bonds. The second kappa shape index (κ2) is 4.85. The number of alkyl halides is 2. The van der Waals surface area contributed by atoms with Gasteiger partial charge >= 0.3 is 5.97 Å². The number of halogens is 2. The summed E-state index contributed by atoms with van der Waals surface area (Å²) in [4.78, 5) is 20.0. The molecule has 0 radical (unpaired) electrons. The Labute approximate surface area is 75.1 Å². The van der Waals surface area contributed by atoms with Gasteiger partial charge in [-0.25, -0.2) is 0 Å². The summed E-state index contributed by atoms with van der Waals surface area (Å²) in [6, 6.07) is 0. The fourth-order valence-corrected chi connectivity index (χ4v) is 0.932. The van der Waals surface area contributed by atoms with Gasteiger partial charge in [0.05, 0.1) is 5.33 Å². The SMILES string of the molecule is O=C(CBr)CC(Br)C(=O)O. The van der Waals surface area contributed by atoms with Crippen molar-refractivity contribution in [3.05, 3.63) is 0 Å². The lowest BCUT2D eigenvalue weighted by atomic mass is 10.2. The summed E-state index contributed by atoms with van der Waals surface area (Å²) in [6.07, 6.45) is 0.0284. The summed E-state index contributed by atoms with van der Waals surface area (Å²) >= 11 is 5.77. The van der Waals surface area contributed by atoms with Crippen LogP contribution in [0.4, 0.5) is 0 Å². The van der Waals surface area contributed by atoms with Crippen LogP contribution in [0.1, 0.15) is 6.42 Å². The van der Waals surface area contributed by atoms with E-state index in [-0.39, 0.29) is 17.5 Å². The topological polar surface area (TPSA) is 54.4 Å². The van der Waals surface area contributed by atoms with Crippen LogP contribution in [0.3, 0.4) is 0 Å². The predicted octanol–water partition coefficient (Wildman–Crippen LogP) is 1.19. The van der Waals surface area contributed by atoms with E-state index in [2.05, 4.69) is 31.9 Å². The number of carbonyl (C=O) groups excluding carboxylic acids is 1. The molecule has 0 saturated heterocycles. The minimum absolute atomic E-state index is 0.0284. The highest BCUT2D eigenvalue weighted by atomic mass is 79.9. The molecule has 5 heteroatoms. The van der Waals surface area contributed by atoms with Gasteiger partial charge in [0.1, 0.15) is 10.6 Å². The molecule has 58 valence electrons. The molecule has 3 nitrogen and oxygen atoms in total. The number of carbonyl (C=O) groups is 2. The minimum atomic E-state index is -1.01. The molecule has 0 fully saturated rings. The summed E-state index contributed by atoms with van der Waals surface area (Å²) in [5.41, 5.74) is 0. The van der Waals surface area contributed by atoms with Gasteiger partial charge < -0.3 is 5.11 Å². The van der Waals surface area contributed by atoms with Crippen molar-refractivity contribution in [3.8, 4) is 0 Å². The van der Waals surface area contributed by atoms with Crippen molar-refractivity contribution >= 4 is 43.6 Å². The quantitative estimate of drug-likeness (QED) is 0.783. The molecule has 0 rings (SSSR count). The van der Waals surface area contributed by atoms with Crippen LogP contribution in [0.15, 0.2) is 0 Å². The van der Waals surface area contributed by atoms with E-state index in [4.69, 9.17) is 5.11 Å². The van der Waals surface area contributed by atoms with Crippen LogP contribution in [0.2, 0.25) is 0 Å². The number of rotatable bonds is 4. The van der Waals surface area contributed by atoms with E-state index in [1.54, 1.807) is 0 Å². The molecule has 1 atom stereocenters. The molecule has 0 aromatic rings. The molecule has 0 aliphatic heterocycles. The molecule has 0 aromatic carbocycles. The van der Waals surface area contributed by atoms with Crippen LogP contribution in [-0.2, 0) is 9.59 Å². The predicted molar refractivity (Wildman–Crippen MR) is 43.8 cm³/mol. The van der Waals surface area contributed by atoms with Crippen LogP contribution in [0.25, 0.3) is 0 Å². The van der Waals surface area contributed by atoms with Crippen molar-refractivity contribution in [2.45, 2.75) is 11.2 Å². The number of carboxylic acid groups (broad SMARTS) is 1. The van der Waals surface area contributed by atoms with Gasteiger partial charge in [0, 0.05) is 6.42 Å². The molecule has 0 heterocycles. The Balaban J connectivity index is 3.68. The van der Waals surface area contributed by atoms with Crippen molar-refractivity contribution < 1.29 is 14.7 Å². The summed E-state index contributed by atoms with van der Waals surface area (Å²) in [7, 11) is 0. The zero-order valence-electron chi connectivity index (χ0n) is 5.01.